The predicted octanol–water partition coefficient (Wildman–Crippen LogP) is 3.84. The van der Waals surface area contributed by atoms with Crippen LogP contribution in [0, 0.1) is 11.8 Å². The maximum atomic E-state index is 4.18. The van der Waals surface area contributed by atoms with Crippen LogP contribution < -0.4 is 5.32 Å². The number of pyridine rings is 1. The Morgan fingerprint density at radius 2 is 2.16 bits per heavy atom. The van der Waals surface area contributed by atoms with E-state index >= 15 is 0 Å². The van der Waals surface area contributed by atoms with Gasteiger partial charge in [-0.1, -0.05) is 24.3 Å². The monoisotopic (exact) mass is 314 g/mol. The van der Waals surface area contributed by atoms with Gasteiger partial charge < -0.3 is 5.32 Å². The maximum absolute atomic E-state index is 4.18. The molecule has 0 amide bonds. The Kier molecular flexibility index (Phi) is 2.62. The van der Waals surface area contributed by atoms with Crippen molar-refractivity contribution in [3.63, 3.8) is 0 Å². The molecule has 1 fully saturated rings. The molecule has 19 heavy (non-hydrogen) atoms. The van der Waals surface area contributed by atoms with Crippen molar-refractivity contribution in [3.05, 3.63) is 58.3 Å². The van der Waals surface area contributed by atoms with Gasteiger partial charge >= 0.3 is 0 Å². The fourth-order valence-electron chi connectivity index (χ4n) is 3.51. The Labute approximate surface area is 121 Å². The van der Waals surface area contributed by atoms with E-state index in [0.717, 1.165) is 34.5 Å². The highest BCUT2D eigenvalue weighted by atomic mass is 79.9. The average Bonchev–Trinajstić information content (AvgIpc) is 2.96. The van der Waals surface area contributed by atoms with Crippen molar-refractivity contribution < 1.29 is 0 Å². The molecule has 3 unspecified atom stereocenters. The highest BCUT2D eigenvalue weighted by Gasteiger charge is 2.54. The molecule has 0 aliphatic heterocycles. The van der Waals surface area contributed by atoms with Crippen molar-refractivity contribution in [2.75, 3.05) is 11.9 Å². The van der Waals surface area contributed by atoms with E-state index in [2.05, 4.69) is 56.6 Å². The normalized spacial score (nSPS) is 26.7. The summed E-state index contributed by atoms with van der Waals surface area (Å²) in [7, 11) is 0. The summed E-state index contributed by atoms with van der Waals surface area (Å²) in [5.41, 5.74) is 4.26. The van der Waals surface area contributed by atoms with Gasteiger partial charge in [0.1, 0.15) is 0 Å². The van der Waals surface area contributed by atoms with Gasteiger partial charge in [-0.2, -0.15) is 0 Å². The number of nitrogens with one attached hydrogen (secondary N) is 1. The largest absolute Gasteiger partial charge is 0.383 e. The summed E-state index contributed by atoms with van der Waals surface area (Å²) in [5.74, 6) is 2.46. The molecule has 1 saturated carbocycles. The second-order valence-corrected chi connectivity index (χ2v) is 6.44. The quantitative estimate of drug-likeness (QED) is 0.931. The topological polar surface area (TPSA) is 24.9 Å². The summed E-state index contributed by atoms with van der Waals surface area (Å²) >= 11 is 3.45. The van der Waals surface area contributed by atoms with E-state index in [9.17, 15) is 0 Å². The van der Waals surface area contributed by atoms with Crippen LogP contribution in [0.5, 0.6) is 0 Å². The second-order valence-electron chi connectivity index (χ2n) is 5.53. The fraction of sp³-hybridized carbons (Fsp3) is 0.312. The number of halogens is 1. The van der Waals surface area contributed by atoms with Gasteiger partial charge in [-0.15, -0.1) is 0 Å². The Morgan fingerprint density at radius 3 is 3.05 bits per heavy atom. The third-order valence-corrected chi connectivity index (χ3v) is 4.88. The minimum Gasteiger partial charge on any atom is -0.383 e. The summed E-state index contributed by atoms with van der Waals surface area (Å²) in [4.78, 5) is 4.18. The molecular formula is C16H15BrN2. The molecule has 0 bridgehead atoms. The lowest BCUT2D eigenvalue weighted by molar-refractivity contribution is 0.719. The smallest absolute Gasteiger partial charge is 0.0538 e. The summed E-state index contributed by atoms with van der Waals surface area (Å²) in [6.07, 6.45) is 4.97. The zero-order valence-electron chi connectivity index (χ0n) is 10.5. The van der Waals surface area contributed by atoms with E-state index in [1.165, 1.54) is 6.42 Å². The summed E-state index contributed by atoms with van der Waals surface area (Å²) in [6, 6.07) is 11.0. The highest BCUT2D eigenvalue weighted by molar-refractivity contribution is 9.10. The van der Waals surface area contributed by atoms with Crippen LogP contribution in [0.25, 0.3) is 0 Å². The Balaban J connectivity index is 1.43. The predicted molar refractivity (Wildman–Crippen MR) is 80.3 cm³/mol. The number of nitrogens with zero attached hydrogens (tertiary/aromatic N) is 1. The Morgan fingerprint density at radius 1 is 1.26 bits per heavy atom. The fourth-order valence-corrected chi connectivity index (χ4v) is 3.87. The minimum absolute atomic E-state index is 0.795. The van der Waals surface area contributed by atoms with Crippen molar-refractivity contribution in [3.8, 4) is 0 Å². The summed E-state index contributed by atoms with van der Waals surface area (Å²) < 4.78 is 1.03. The first-order valence-corrected chi connectivity index (χ1v) is 7.54. The van der Waals surface area contributed by atoms with Crippen molar-refractivity contribution in [1.29, 1.82) is 0 Å². The number of aromatic nitrogens is 1. The minimum atomic E-state index is 0.795. The Bertz CT molecular complexity index is 626. The van der Waals surface area contributed by atoms with E-state index in [1.54, 1.807) is 11.1 Å². The van der Waals surface area contributed by atoms with Crippen LogP contribution in [0.4, 0.5) is 5.69 Å². The van der Waals surface area contributed by atoms with E-state index in [1.807, 2.05) is 12.4 Å². The number of benzene rings is 1. The molecule has 1 heterocycles. The van der Waals surface area contributed by atoms with E-state index in [4.69, 9.17) is 0 Å². The van der Waals surface area contributed by atoms with E-state index in [0.29, 0.717) is 0 Å². The van der Waals surface area contributed by atoms with Gasteiger partial charge in [0.25, 0.3) is 0 Å². The molecule has 4 rings (SSSR count). The van der Waals surface area contributed by atoms with Crippen LogP contribution in [0.15, 0.2) is 47.2 Å². The lowest BCUT2D eigenvalue weighted by Crippen LogP contribution is -2.08. The second kappa shape index (κ2) is 4.34. The molecule has 3 atom stereocenters. The van der Waals surface area contributed by atoms with Crippen LogP contribution in [-0.4, -0.2) is 11.5 Å². The zero-order chi connectivity index (χ0) is 12.8. The van der Waals surface area contributed by atoms with Crippen LogP contribution in [0.2, 0.25) is 0 Å². The molecule has 0 radical (unpaired) electrons. The van der Waals surface area contributed by atoms with Crippen LogP contribution in [0.1, 0.15) is 17.0 Å². The molecule has 1 N–H and O–H groups in total. The number of rotatable bonds is 3. The molecule has 3 heteroatoms. The van der Waals surface area contributed by atoms with Gasteiger partial charge in [-0.25, -0.2) is 0 Å². The Hall–Kier alpha value is -1.35. The number of anilines is 1. The van der Waals surface area contributed by atoms with Gasteiger partial charge in [0.05, 0.1) is 11.9 Å². The summed E-state index contributed by atoms with van der Waals surface area (Å²) in [6.45, 7) is 1.06. The standard InChI is InChI=1S/C16H15BrN2/c17-11-6-12(8-18-7-11)19-9-15-14-5-10-3-1-2-4-13(10)16(14)15/h1-4,6-8,14-16,19H,5,9H2. The SMILES string of the molecule is Brc1cncc(NCC2C3Cc4ccccc4C23)c1. The van der Waals surface area contributed by atoms with Crippen molar-refractivity contribution in [1.82, 2.24) is 4.98 Å². The van der Waals surface area contributed by atoms with Crippen molar-refractivity contribution in [2.45, 2.75) is 12.3 Å². The van der Waals surface area contributed by atoms with Crippen molar-refractivity contribution in [2.24, 2.45) is 11.8 Å². The molecule has 2 aliphatic rings. The molecule has 2 aliphatic carbocycles. The maximum Gasteiger partial charge on any atom is 0.0538 e. The molecule has 2 nitrogen and oxygen atoms in total. The highest BCUT2D eigenvalue weighted by Crippen LogP contribution is 2.61. The van der Waals surface area contributed by atoms with Gasteiger partial charge in [0.15, 0.2) is 0 Å². The first kappa shape index (κ1) is 11.5. The van der Waals surface area contributed by atoms with Crippen molar-refractivity contribution >= 4 is 21.6 Å². The average molecular weight is 315 g/mol. The van der Waals surface area contributed by atoms with Crippen LogP contribution >= 0.6 is 15.9 Å². The van der Waals surface area contributed by atoms with Gasteiger partial charge in [0.2, 0.25) is 0 Å². The summed E-state index contributed by atoms with van der Waals surface area (Å²) in [5, 5.41) is 3.51. The molecule has 0 spiro atoms. The molecule has 1 aromatic heterocycles. The van der Waals surface area contributed by atoms with Gasteiger partial charge in [0, 0.05) is 17.2 Å². The first-order chi connectivity index (χ1) is 9.33. The molecule has 96 valence electrons. The van der Waals surface area contributed by atoms with Crippen LogP contribution in [0.3, 0.4) is 0 Å². The molecule has 0 saturated heterocycles. The van der Waals surface area contributed by atoms with Gasteiger partial charge in [-0.3, -0.25) is 4.98 Å². The zero-order valence-corrected chi connectivity index (χ0v) is 12.1. The van der Waals surface area contributed by atoms with Gasteiger partial charge in [-0.05, 0) is 57.3 Å². The molecular weight excluding hydrogens is 300 g/mol. The third kappa shape index (κ3) is 1.96. The lowest BCUT2D eigenvalue weighted by atomic mass is 10.0. The van der Waals surface area contributed by atoms with E-state index in [-0.39, 0.29) is 0 Å². The van der Waals surface area contributed by atoms with Crippen LogP contribution in [-0.2, 0) is 6.42 Å². The van der Waals surface area contributed by atoms with E-state index < -0.39 is 0 Å². The number of fused-ring (bicyclic) bond motifs is 3. The lowest BCUT2D eigenvalue weighted by Gasteiger charge is -2.09. The number of hydrogen-bond acceptors (Lipinski definition) is 2. The molecule has 1 aromatic carbocycles. The molecule has 2 aromatic rings. The first-order valence-electron chi connectivity index (χ1n) is 6.75. The third-order valence-electron chi connectivity index (χ3n) is 4.45. The number of hydrogen-bond donors (Lipinski definition) is 1.